The summed E-state index contributed by atoms with van der Waals surface area (Å²) in [6.45, 7) is 0. The number of aromatic hydroxyl groups is 1. The summed E-state index contributed by atoms with van der Waals surface area (Å²) in [4.78, 5) is 17.4. The maximum atomic E-state index is 10.8. The lowest BCUT2D eigenvalue weighted by molar-refractivity contribution is -0.383. The lowest BCUT2D eigenvalue weighted by Gasteiger charge is -2.01. The third-order valence-corrected chi connectivity index (χ3v) is 2.31. The largest absolute Gasteiger partial charge is 0.508 e. The number of nitrogen functional groups attached to an aromatic ring is 1. The van der Waals surface area contributed by atoms with Crippen molar-refractivity contribution in [2.75, 3.05) is 11.2 Å². The Balaban J connectivity index is 2.17. The van der Waals surface area contributed by atoms with Crippen molar-refractivity contribution in [3.8, 4) is 5.75 Å². The molecular formula is C11H10N6O3. The van der Waals surface area contributed by atoms with E-state index in [0.29, 0.717) is 5.56 Å². The number of aromatic nitrogens is 2. The van der Waals surface area contributed by atoms with Crippen LogP contribution < -0.4 is 11.2 Å². The van der Waals surface area contributed by atoms with E-state index in [2.05, 4.69) is 20.5 Å². The van der Waals surface area contributed by atoms with Gasteiger partial charge in [-0.15, -0.1) is 0 Å². The standard InChI is InChI=1S/C11H10N6O3/c12-10-9(17(19)20)11(14-6-13-10)16-15-5-7-1-3-8(18)4-2-7/h1-6,18H,(H3,12,13,14,16)/b15-5-. The number of rotatable bonds is 4. The molecule has 20 heavy (non-hydrogen) atoms. The van der Waals surface area contributed by atoms with Gasteiger partial charge >= 0.3 is 5.69 Å². The second-order valence-electron chi connectivity index (χ2n) is 3.67. The van der Waals surface area contributed by atoms with E-state index >= 15 is 0 Å². The first-order valence-electron chi connectivity index (χ1n) is 5.41. The summed E-state index contributed by atoms with van der Waals surface area (Å²) in [5.41, 5.74) is 8.10. The molecule has 0 aliphatic rings. The van der Waals surface area contributed by atoms with Gasteiger partial charge in [0.25, 0.3) is 0 Å². The Kier molecular flexibility index (Phi) is 3.70. The Labute approximate surface area is 112 Å². The first-order chi connectivity index (χ1) is 9.58. The quantitative estimate of drug-likeness (QED) is 0.431. The summed E-state index contributed by atoms with van der Waals surface area (Å²) in [7, 11) is 0. The maximum absolute atomic E-state index is 10.8. The Morgan fingerprint density at radius 1 is 1.35 bits per heavy atom. The van der Waals surface area contributed by atoms with E-state index in [9.17, 15) is 10.1 Å². The van der Waals surface area contributed by atoms with Gasteiger partial charge in [0, 0.05) is 0 Å². The number of phenolic OH excluding ortho intramolecular Hbond substituents is 1. The van der Waals surface area contributed by atoms with Crippen molar-refractivity contribution in [2.24, 2.45) is 5.10 Å². The van der Waals surface area contributed by atoms with Crippen molar-refractivity contribution in [1.82, 2.24) is 9.97 Å². The van der Waals surface area contributed by atoms with Gasteiger partial charge in [-0.2, -0.15) is 5.10 Å². The second kappa shape index (κ2) is 5.61. The van der Waals surface area contributed by atoms with E-state index in [1.54, 1.807) is 12.1 Å². The molecule has 102 valence electrons. The molecule has 0 unspecified atom stereocenters. The van der Waals surface area contributed by atoms with Crippen LogP contribution in [0.25, 0.3) is 0 Å². The van der Waals surface area contributed by atoms with Crippen molar-refractivity contribution >= 4 is 23.5 Å². The molecule has 1 aromatic heterocycles. The Bertz CT molecular complexity index is 656. The fourth-order valence-corrected chi connectivity index (χ4v) is 1.38. The number of anilines is 2. The molecule has 1 heterocycles. The average Bonchev–Trinajstić information content (AvgIpc) is 2.40. The number of nitro groups is 1. The van der Waals surface area contributed by atoms with Gasteiger partial charge in [-0.05, 0) is 29.8 Å². The van der Waals surface area contributed by atoms with Gasteiger partial charge in [0.2, 0.25) is 11.6 Å². The van der Waals surface area contributed by atoms with Crippen molar-refractivity contribution in [1.29, 1.82) is 0 Å². The van der Waals surface area contributed by atoms with E-state index in [-0.39, 0.29) is 17.4 Å². The van der Waals surface area contributed by atoms with Crippen LogP contribution in [0.4, 0.5) is 17.3 Å². The van der Waals surface area contributed by atoms with Crippen LogP contribution in [-0.2, 0) is 0 Å². The Morgan fingerprint density at radius 3 is 2.70 bits per heavy atom. The highest BCUT2D eigenvalue weighted by atomic mass is 16.6. The molecule has 2 rings (SSSR count). The van der Waals surface area contributed by atoms with Crippen molar-refractivity contribution in [2.45, 2.75) is 0 Å². The lowest BCUT2D eigenvalue weighted by atomic mass is 10.2. The first kappa shape index (κ1) is 13.2. The molecule has 2 aromatic rings. The summed E-state index contributed by atoms with van der Waals surface area (Å²) in [6.07, 6.45) is 2.52. The van der Waals surface area contributed by atoms with Crippen molar-refractivity contribution in [3.05, 3.63) is 46.3 Å². The zero-order chi connectivity index (χ0) is 14.5. The Hall–Kier alpha value is -3.23. The summed E-state index contributed by atoms with van der Waals surface area (Å²) in [6, 6.07) is 6.24. The average molecular weight is 274 g/mol. The highest BCUT2D eigenvalue weighted by Crippen LogP contribution is 2.25. The van der Waals surface area contributed by atoms with Crippen LogP contribution >= 0.6 is 0 Å². The molecule has 0 radical (unpaired) electrons. The summed E-state index contributed by atoms with van der Waals surface area (Å²) in [5, 5.41) is 23.8. The zero-order valence-electron chi connectivity index (χ0n) is 10.1. The summed E-state index contributed by atoms with van der Waals surface area (Å²) < 4.78 is 0. The zero-order valence-corrected chi connectivity index (χ0v) is 10.1. The molecule has 1 aromatic carbocycles. The molecule has 0 spiro atoms. The van der Waals surface area contributed by atoms with Gasteiger partial charge in [0.1, 0.15) is 12.1 Å². The van der Waals surface area contributed by atoms with E-state index in [4.69, 9.17) is 10.8 Å². The molecule has 0 aliphatic carbocycles. The first-order valence-corrected chi connectivity index (χ1v) is 5.41. The second-order valence-corrected chi connectivity index (χ2v) is 3.67. The fourth-order valence-electron chi connectivity index (χ4n) is 1.38. The number of hydrogen-bond acceptors (Lipinski definition) is 8. The highest BCUT2D eigenvalue weighted by molar-refractivity contribution is 5.80. The Morgan fingerprint density at radius 2 is 2.05 bits per heavy atom. The van der Waals surface area contributed by atoms with Gasteiger partial charge in [-0.25, -0.2) is 9.97 Å². The molecule has 4 N–H and O–H groups in total. The van der Waals surface area contributed by atoms with Crippen molar-refractivity contribution < 1.29 is 10.0 Å². The number of hydrogen-bond donors (Lipinski definition) is 3. The predicted molar refractivity (Wildman–Crippen MR) is 72.4 cm³/mol. The SMILES string of the molecule is Nc1ncnc(N/N=C\c2ccc(O)cc2)c1[N+](=O)[O-]. The number of nitrogens with one attached hydrogen (secondary N) is 1. The van der Waals surface area contributed by atoms with Gasteiger partial charge < -0.3 is 10.8 Å². The number of hydrazone groups is 1. The highest BCUT2D eigenvalue weighted by Gasteiger charge is 2.20. The lowest BCUT2D eigenvalue weighted by Crippen LogP contribution is -2.04. The van der Waals surface area contributed by atoms with E-state index in [1.165, 1.54) is 18.3 Å². The van der Waals surface area contributed by atoms with Gasteiger partial charge in [0.05, 0.1) is 11.1 Å². The van der Waals surface area contributed by atoms with Crippen LogP contribution in [-0.4, -0.2) is 26.2 Å². The normalized spacial score (nSPS) is 10.6. The minimum Gasteiger partial charge on any atom is -0.508 e. The third kappa shape index (κ3) is 2.96. The topological polar surface area (TPSA) is 140 Å². The molecule has 9 nitrogen and oxygen atoms in total. The fraction of sp³-hybridized carbons (Fsp3) is 0. The van der Waals surface area contributed by atoms with Crippen LogP contribution in [0.15, 0.2) is 35.7 Å². The third-order valence-electron chi connectivity index (χ3n) is 2.31. The summed E-state index contributed by atoms with van der Waals surface area (Å²) >= 11 is 0. The minimum absolute atomic E-state index is 0.0995. The maximum Gasteiger partial charge on any atom is 0.354 e. The van der Waals surface area contributed by atoms with E-state index < -0.39 is 10.6 Å². The molecule has 0 aliphatic heterocycles. The number of nitrogens with two attached hydrogens (primary N) is 1. The minimum atomic E-state index is -0.687. The van der Waals surface area contributed by atoms with Crippen LogP contribution in [0.1, 0.15) is 5.56 Å². The molecule has 0 saturated heterocycles. The van der Waals surface area contributed by atoms with Crippen LogP contribution in [0.3, 0.4) is 0 Å². The van der Waals surface area contributed by atoms with E-state index in [1.807, 2.05) is 0 Å². The van der Waals surface area contributed by atoms with Gasteiger partial charge in [-0.1, -0.05) is 0 Å². The number of benzene rings is 1. The molecule has 0 atom stereocenters. The monoisotopic (exact) mass is 274 g/mol. The molecule has 9 heteroatoms. The number of nitrogens with zero attached hydrogens (tertiary/aromatic N) is 4. The van der Waals surface area contributed by atoms with Crippen molar-refractivity contribution in [3.63, 3.8) is 0 Å². The number of phenols is 1. The van der Waals surface area contributed by atoms with Gasteiger partial charge in [0.15, 0.2) is 0 Å². The van der Waals surface area contributed by atoms with Crippen LogP contribution in [0, 0.1) is 10.1 Å². The van der Waals surface area contributed by atoms with Gasteiger partial charge in [-0.3, -0.25) is 15.5 Å². The molecule has 0 fully saturated rings. The molecular weight excluding hydrogens is 264 g/mol. The smallest absolute Gasteiger partial charge is 0.354 e. The molecule has 0 amide bonds. The molecule has 0 bridgehead atoms. The van der Waals surface area contributed by atoms with E-state index in [0.717, 1.165) is 6.33 Å². The molecule has 0 saturated carbocycles. The predicted octanol–water partition coefficient (Wildman–Crippen LogP) is 1.12. The summed E-state index contributed by atoms with van der Waals surface area (Å²) in [5.74, 6) is -0.209. The van der Waals surface area contributed by atoms with Crippen LogP contribution in [0.5, 0.6) is 5.75 Å². The van der Waals surface area contributed by atoms with Crippen LogP contribution in [0.2, 0.25) is 0 Å².